The number of hydrogen-bond acceptors (Lipinski definition) is 3. The van der Waals surface area contributed by atoms with E-state index >= 15 is 0 Å². The molecule has 6 heteroatoms. The minimum Gasteiger partial charge on any atom is -0.322 e. The van der Waals surface area contributed by atoms with Crippen molar-refractivity contribution < 1.29 is 14.0 Å². The second kappa shape index (κ2) is 6.88. The molecule has 1 heterocycles. The van der Waals surface area contributed by atoms with Crippen molar-refractivity contribution in [2.75, 3.05) is 16.0 Å². The molecular formula is C19H19FN2O2S. The first-order valence-electron chi connectivity index (χ1n) is 7.95. The van der Waals surface area contributed by atoms with E-state index in [1.54, 1.807) is 30.9 Å². The lowest BCUT2D eigenvalue weighted by molar-refractivity contribution is -0.125. The van der Waals surface area contributed by atoms with Gasteiger partial charge in [-0.1, -0.05) is 24.3 Å². The average Bonchev–Trinajstić information content (AvgIpc) is 2.55. The number of anilines is 2. The number of para-hydroxylation sites is 2. The Kier molecular flexibility index (Phi) is 4.81. The Hall–Kier alpha value is -2.34. The lowest BCUT2D eigenvalue weighted by Gasteiger charge is -2.42. The number of thioether (sulfide) groups is 1. The van der Waals surface area contributed by atoms with Gasteiger partial charge in [0.05, 0.1) is 17.1 Å². The van der Waals surface area contributed by atoms with Crippen LogP contribution in [-0.2, 0) is 15.3 Å². The summed E-state index contributed by atoms with van der Waals surface area (Å²) in [4.78, 5) is 26.8. The fourth-order valence-corrected chi connectivity index (χ4v) is 3.67. The summed E-state index contributed by atoms with van der Waals surface area (Å²) in [6, 6.07) is 13.6. The quantitative estimate of drug-likeness (QED) is 0.904. The molecule has 0 atom stereocenters. The number of nitrogens with one attached hydrogen (secondary N) is 1. The highest BCUT2D eigenvalue weighted by atomic mass is 32.2. The minimum atomic E-state index is -0.967. The van der Waals surface area contributed by atoms with E-state index in [1.165, 1.54) is 23.9 Å². The second-order valence-corrected chi connectivity index (χ2v) is 7.37. The molecule has 25 heavy (non-hydrogen) atoms. The number of carbonyl (C=O) groups excluding carboxylic acids is 2. The zero-order valence-electron chi connectivity index (χ0n) is 14.1. The first-order chi connectivity index (χ1) is 11.9. The molecule has 1 aliphatic heterocycles. The molecule has 2 amide bonds. The van der Waals surface area contributed by atoms with Crippen LogP contribution in [0.2, 0.25) is 0 Å². The molecule has 0 saturated carbocycles. The lowest BCUT2D eigenvalue weighted by Crippen LogP contribution is -2.58. The topological polar surface area (TPSA) is 49.4 Å². The van der Waals surface area contributed by atoms with Crippen molar-refractivity contribution in [3.05, 3.63) is 59.9 Å². The van der Waals surface area contributed by atoms with E-state index in [0.717, 1.165) is 5.56 Å². The minimum absolute atomic E-state index is 0.145. The molecule has 0 fully saturated rings. The Morgan fingerprint density at radius 1 is 1.20 bits per heavy atom. The molecule has 2 aromatic rings. The molecule has 0 aliphatic carbocycles. The van der Waals surface area contributed by atoms with Gasteiger partial charge < -0.3 is 5.32 Å². The van der Waals surface area contributed by atoms with Crippen LogP contribution in [0.5, 0.6) is 0 Å². The summed E-state index contributed by atoms with van der Waals surface area (Å²) in [5.74, 6) is 0.100. The molecule has 0 radical (unpaired) electrons. The summed E-state index contributed by atoms with van der Waals surface area (Å²) < 4.78 is 13.2. The van der Waals surface area contributed by atoms with Crippen molar-refractivity contribution in [3.8, 4) is 0 Å². The normalized spacial score (nSPS) is 15.5. The first-order valence-corrected chi connectivity index (χ1v) is 9.11. The molecule has 0 unspecified atom stereocenters. The maximum Gasteiger partial charge on any atom is 0.250 e. The van der Waals surface area contributed by atoms with E-state index < -0.39 is 5.54 Å². The number of amides is 2. The summed E-state index contributed by atoms with van der Waals surface area (Å²) in [7, 11) is 0. The van der Waals surface area contributed by atoms with Crippen LogP contribution in [0, 0.1) is 5.82 Å². The maximum atomic E-state index is 13.2. The molecule has 1 aliphatic rings. The number of hydrogen-bond donors (Lipinski definition) is 1. The Labute approximate surface area is 150 Å². The molecular weight excluding hydrogens is 339 g/mol. The molecule has 0 saturated heterocycles. The number of halogens is 1. The highest BCUT2D eigenvalue weighted by Crippen LogP contribution is 2.37. The van der Waals surface area contributed by atoms with Crippen molar-refractivity contribution in [2.45, 2.75) is 25.1 Å². The summed E-state index contributed by atoms with van der Waals surface area (Å²) in [5, 5.41) is 2.84. The van der Waals surface area contributed by atoms with Gasteiger partial charge in [-0.25, -0.2) is 4.39 Å². The molecule has 0 aromatic heterocycles. The van der Waals surface area contributed by atoms with Gasteiger partial charge in [0.25, 0.3) is 0 Å². The van der Waals surface area contributed by atoms with Crippen LogP contribution in [0.15, 0.2) is 48.5 Å². The zero-order chi connectivity index (χ0) is 18.0. The van der Waals surface area contributed by atoms with E-state index in [1.807, 2.05) is 24.3 Å². The van der Waals surface area contributed by atoms with Gasteiger partial charge in [0, 0.05) is 5.75 Å². The van der Waals surface area contributed by atoms with E-state index in [9.17, 15) is 14.0 Å². The summed E-state index contributed by atoms with van der Waals surface area (Å²) in [5.41, 5.74) is 1.19. The fraction of sp³-hybridized carbons (Fsp3) is 0.263. The van der Waals surface area contributed by atoms with Crippen LogP contribution in [0.25, 0.3) is 0 Å². The van der Waals surface area contributed by atoms with Gasteiger partial charge >= 0.3 is 0 Å². The molecule has 0 spiro atoms. The number of rotatable bonds is 4. The molecule has 4 nitrogen and oxygen atoms in total. The SMILES string of the molecule is CC1(C)C(=O)Nc2ccccc2N1C(=O)CSCc1cccc(F)c1. The number of benzene rings is 2. The van der Waals surface area contributed by atoms with Gasteiger partial charge in [-0.2, -0.15) is 0 Å². The third-order valence-electron chi connectivity index (χ3n) is 4.14. The van der Waals surface area contributed by atoms with E-state index in [2.05, 4.69) is 5.32 Å². The van der Waals surface area contributed by atoms with E-state index in [4.69, 9.17) is 0 Å². The Morgan fingerprint density at radius 3 is 2.72 bits per heavy atom. The Morgan fingerprint density at radius 2 is 1.96 bits per heavy atom. The number of fused-ring (bicyclic) bond motifs is 1. The zero-order valence-corrected chi connectivity index (χ0v) is 14.9. The van der Waals surface area contributed by atoms with E-state index in [0.29, 0.717) is 17.1 Å². The van der Waals surface area contributed by atoms with Gasteiger partial charge in [-0.3, -0.25) is 14.5 Å². The van der Waals surface area contributed by atoms with Gasteiger partial charge in [0.2, 0.25) is 11.8 Å². The summed E-state index contributed by atoms with van der Waals surface area (Å²) in [6.07, 6.45) is 0. The van der Waals surface area contributed by atoms with Crippen LogP contribution in [-0.4, -0.2) is 23.1 Å². The third-order valence-corrected chi connectivity index (χ3v) is 5.13. The lowest BCUT2D eigenvalue weighted by atomic mass is 9.96. The number of carbonyl (C=O) groups is 2. The van der Waals surface area contributed by atoms with Crippen molar-refractivity contribution >= 4 is 35.0 Å². The molecule has 0 bridgehead atoms. The van der Waals surface area contributed by atoms with E-state index in [-0.39, 0.29) is 23.4 Å². The van der Waals surface area contributed by atoms with Crippen LogP contribution in [0.3, 0.4) is 0 Å². The van der Waals surface area contributed by atoms with Gasteiger partial charge in [0.1, 0.15) is 11.4 Å². The molecule has 1 N–H and O–H groups in total. The van der Waals surface area contributed by atoms with Crippen molar-refractivity contribution in [1.29, 1.82) is 0 Å². The van der Waals surface area contributed by atoms with Gasteiger partial charge in [-0.05, 0) is 43.7 Å². The first kappa shape index (κ1) is 17.5. The summed E-state index contributed by atoms with van der Waals surface area (Å²) >= 11 is 1.40. The Bertz CT molecular complexity index is 823. The molecule has 2 aromatic carbocycles. The maximum absolute atomic E-state index is 13.2. The van der Waals surface area contributed by atoms with Crippen molar-refractivity contribution in [2.24, 2.45) is 0 Å². The summed E-state index contributed by atoms with van der Waals surface area (Å²) in [6.45, 7) is 3.46. The predicted octanol–water partition coefficient (Wildman–Crippen LogP) is 3.82. The Balaban J connectivity index is 1.75. The van der Waals surface area contributed by atoms with Crippen LogP contribution >= 0.6 is 11.8 Å². The van der Waals surface area contributed by atoms with Crippen molar-refractivity contribution in [3.63, 3.8) is 0 Å². The fourth-order valence-electron chi connectivity index (χ4n) is 2.85. The highest BCUT2D eigenvalue weighted by molar-refractivity contribution is 7.99. The second-order valence-electron chi connectivity index (χ2n) is 6.38. The van der Waals surface area contributed by atoms with Gasteiger partial charge in [0.15, 0.2) is 0 Å². The number of nitrogens with zero attached hydrogens (tertiary/aromatic N) is 1. The van der Waals surface area contributed by atoms with Crippen LogP contribution in [0.1, 0.15) is 19.4 Å². The van der Waals surface area contributed by atoms with Crippen molar-refractivity contribution in [1.82, 2.24) is 0 Å². The molecule has 130 valence electrons. The van der Waals surface area contributed by atoms with Crippen LogP contribution in [0.4, 0.5) is 15.8 Å². The van der Waals surface area contributed by atoms with Gasteiger partial charge in [-0.15, -0.1) is 11.8 Å². The predicted molar refractivity (Wildman–Crippen MR) is 99.2 cm³/mol. The van der Waals surface area contributed by atoms with Crippen LogP contribution < -0.4 is 10.2 Å². The highest BCUT2D eigenvalue weighted by Gasteiger charge is 2.43. The average molecular weight is 358 g/mol. The molecule has 3 rings (SSSR count). The third kappa shape index (κ3) is 3.54. The standard InChI is InChI=1S/C19H19FN2O2S/c1-19(2)18(24)21-15-8-3-4-9-16(15)22(19)17(23)12-25-11-13-6-5-7-14(20)10-13/h3-10H,11-12H2,1-2H3,(H,21,24). The monoisotopic (exact) mass is 358 g/mol. The largest absolute Gasteiger partial charge is 0.322 e. The smallest absolute Gasteiger partial charge is 0.250 e.